The van der Waals surface area contributed by atoms with Gasteiger partial charge in [-0.2, -0.15) is 5.26 Å². The topological polar surface area (TPSA) is 73.0 Å². The SMILES string of the molecule is COc1cccc(/C=C/c2nc3ccccc3n2-c2nc(C)c(C#N)s2)c1OC1CCCC1. The van der Waals surface area contributed by atoms with Crippen molar-refractivity contribution in [2.24, 2.45) is 0 Å². The van der Waals surface area contributed by atoms with E-state index in [0.29, 0.717) is 4.88 Å². The molecule has 2 aromatic heterocycles. The molecule has 1 saturated carbocycles. The van der Waals surface area contributed by atoms with Crippen molar-refractivity contribution in [3.63, 3.8) is 0 Å². The predicted octanol–water partition coefficient (Wildman–Crippen LogP) is 6.16. The van der Waals surface area contributed by atoms with Gasteiger partial charge in [-0.1, -0.05) is 35.6 Å². The summed E-state index contributed by atoms with van der Waals surface area (Å²) in [7, 11) is 1.67. The van der Waals surface area contributed by atoms with Crippen molar-refractivity contribution in [2.45, 2.75) is 38.7 Å². The number of nitriles is 1. The fourth-order valence-electron chi connectivity index (χ4n) is 4.23. The molecule has 7 heteroatoms. The summed E-state index contributed by atoms with van der Waals surface area (Å²) in [5, 5.41) is 10.1. The van der Waals surface area contributed by atoms with E-state index in [2.05, 4.69) is 11.1 Å². The zero-order chi connectivity index (χ0) is 22.8. The van der Waals surface area contributed by atoms with Gasteiger partial charge >= 0.3 is 0 Å². The monoisotopic (exact) mass is 456 g/mol. The summed E-state index contributed by atoms with van der Waals surface area (Å²) in [5.41, 5.74) is 3.48. The third-order valence-corrected chi connectivity index (χ3v) is 6.94. The highest BCUT2D eigenvalue weighted by molar-refractivity contribution is 7.14. The van der Waals surface area contributed by atoms with Crippen LogP contribution in [-0.4, -0.2) is 27.7 Å². The van der Waals surface area contributed by atoms with Crippen molar-refractivity contribution in [3.8, 4) is 22.7 Å². The maximum atomic E-state index is 9.42. The van der Waals surface area contributed by atoms with Crippen molar-refractivity contribution < 1.29 is 9.47 Å². The lowest BCUT2D eigenvalue weighted by Gasteiger charge is -2.18. The van der Waals surface area contributed by atoms with Crippen LogP contribution in [0.1, 0.15) is 47.6 Å². The summed E-state index contributed by atoms with van der Waals surface area (Å²) in [6, 6.07) is 16.1. The zero-order valence-electron chi connectivity index (χ0n) is 18.6. The van der Waals surface area contributed by atoms with Crippen LogP contribution in [0.25, 0.3) is 28.3 Å². The van der Waals surface area contributed by atoms with Crippen LogP contribution in [0.4, 0.5) is 0 Å². The van der Waals surface area contributed by atoms with Crippen LogP contribution in [0, 0.1) is 18.3 Å². The number of methoxy groups -OCH3 is 1. The van der Waals surface area contributed by atoms with E-state index in [9.17, 15) is 5.26 Å². The number of fused-ring (bicyclic) bond motifs is 1. The Balaban J connectivity index is 1.59. The molecule has 1 fully saturated rings. The first-order chi connectivity index (χ1) is 16.2. The molecular weight excluding hydrogens is 432 g/mol. The molecule has 0 aliphatic heterocycles. The summed E-state index contributed by atoms with van der Waals surface area (Å²) < 4.78 is 14.0. The lowest BCUT2D eigenvalue weighted by Crippen LogP contribution is -2.12. The van der Waals surface area contributed by atoms with E-state index in [4.69, 9.17) is 14.5 Å². The molecule has 2 heterocycles. The molecule has 0 unspecified atom stereocenters. The largest absolute Gasteiger partial charge is 0.493 e. The lowest BCUT2D eigenvalue weighted by atomic mass is 10.1. The summed E-state index contributed by atoms with van der Waals surface area (Å²) in [5.74, 6) is 2.23. The van der Waals surface area contributed by atoms with E-state index in [1.165, 1.54) is 24.2 Å². The second kappa shape index (κ2) is 9.08. The zero-order valence-corrected chi connectivity index (χ0v) is 19.4. The second-order valence-electron chi connectivity index (χ2n) is 8.05. The van der Waals surface area contributed by atoms with Crippen LogP contribution in [-0.2, 0) is 0 Å². The first-order valence-corrected chi connectivity index (χ1v) is 11.9. The molecule has 0 amide bonds. The number of aromatic nitrogens is 3. The molecule has 1 aliphatic carbocycles. The fraction of sp³-hybridized carbons (Fsp3) is 0.269. The maximum absolute atomic E-state index is 9.42. The molecule has 1 aliphatic rings. The lowest BCUT2D eigenvalue weighted by molar-refractivity contribution is 0.200. The number of hydrogen-bond acceptors (Lipinski definition) is 6. The van der Waals surface area contributed by atoms with E-state index >= 15 is 0 Å². The number of benzene rings is 2. The first-order valence-electron chi connectivity index (χ1n) is 11.0. The Bertz CT molecular complexity index is 1370. The summed E-state index contributed by atoms with van der Waals surface area (Å²) in [4.78, 5) is 10.1. The van der Waals surface area contributed by atoms with Crippen LogP contribution >= 0.6 is 11.3 Å². The van der Waals surface area contributed by atoms with Gasteiger partial charge in [0.2, 0.25) is 0 Å². The third kappa shape index (κ3) is 4.10. The number of para-hydroxylation sites is 3. The Hall–Kier alpha value is -3.63. The number of thiazole rings is 1. The fourth-order valence-corrected chi connectivity index (χ4v) is 5.11. The average Bonchev–Trinajstić information content (AvgIpc) is 3.56. The van der Waals surface area contributed by atoms with Gasteiger partial charge in [0.1, 0.15) is 16.8 Å². The van der Waals surface area contributed by atoms with Gasteiger partial charge in [-0.15, -0.1) is 0 Å². The third-order valence-electron chi connectivity index (χ3n) is 5.89. The van der Waals surface area contributed by atoms with Gasteiger partial charge in [0.05, 0.1) is 29.9 Å². The molecule has 0 N–H and O–H groups in total. The van der Waals surface area contributed by atoms with Gasteiger partial charge in [0.25, 0.3) is 0 Å². The minimum Gasteiger partial charge on any atom is -0.493 e. The summed E-state index contributed by atoms with van der Waals surface area (Å²) in [6.07, 6.45) is 8.75. The highest BCUT2D eigenvalue weighted by atomic mass is 32.1. The minimum absolute atomic E-state index is 0.223. The van der Waals surface area contributed by atoms with Gasteiger partial charge in [-0.3, -0.25) is 4.57 Å². The first kappa shape index (κ1) is 21.2. The Morgan fingerprint density at radius 1 is 1.09 bits per heavy atom. The van der Waals surface area contributed by atoms with Crippen molar-refractivity contribution in [3.05, 3.63) is 64.4 Å². The smallest absolute Gasteiger partial charge is 0.197 e. The van der Waals surface area contributed by atoms with Crippen LogP contribution in [0.5, 0.6) is 11.5 Å². The van der Waals surface area contributed by atoms with E-state index < -0.39 is 0 Å². The molecule has 6 nitrogen and oxygen atoms in total. The Morgan fingerprint density at radius 2 is 1.91 bits per heavy atom. The van der Waals surface area contributed by atoms with E-state index in [1.807, 2.05) is 66.1 Å². The van der Waals surface area contributed by atoms with Crippen molar-refractivity contribution in [2.75, 3.05) is 7.11 Å². The number of hydrogen-bond donors (Lipinski definition) is 0. The highest BCUT2D eigenvalue weighted by Gasteiger charge is 2.20. The normalized spacial score (nSPS) is 14.2. The maximum Gasteiger partial charge on any atom is 0.197 e. The number of ether oxygens (including phenoxy) is 2. The van der Waals surface area contributed by atoms with Crippen LogP contribution in [0.15, 0.2) is 42.5 Å². The van der Waals surface area contributed by atoms with Gasteiger partial charge in [0.15, 0.2) is 16.6 Å². The van der Waals surface area contributed by atoms with Crippen molar-refractivity contribution in [1.82, 2.24) is 14.5 Å². The number of imidazole rings is 1. The van der Waals surface area contributed by atoms with Crippen molar-refractivity contribution >= 4 is 34.5 Å². The molecule has 33 heavy (non-hydrogen) atoms. The van der Waals surface area contributed by atoms with Crippen LogP contribution in [0.3, 0.4) is 0 Å². The van der Waals surface area contributed by atoms with Gasteiger partial charge in [0, 0.05) is 5.56 Å². The van der Waals surface area contributed by atoms with Crippen LogP contribution < -0.4 is 9.47 Å². The number of rotatable bonds is 6. The second-order valence-corrected chi connectivity index (χ2v) is 9.03. The minimum atomic E-state index is 0.223. The molecule has 4 aromatic rings. The summed E-state index contributed by atoms with van der Waals surface area (Å²) in [6.45, 7) is 1.86. The number of nitrogens with zero attached hydrogens (tertiary/aromatic N) is 4. The predicted molar refractivity (Wildman–Crippen MR) is 131 cm³/mol. The average molecular weight is 457 g/mol. The molecule has 0 radical (unpaired) electrons. The molecule has 0 saturated heterocycles. The van der Waals surface area contributed by atoms with E-state index in [1.54, 1.807) is 7.11 Å². The standard InChI is InChI=1S/C26H24N4O2S/c1-17-23(16-27)33-26(28-17)30-21-12-6-5-11-20(21)29-24(30)15-14-18-8-7-13-22(31-2)25(18)32-19-9-3-4-10-19/h5-8,11-15,19H,3-4,9-10H2,1-2H3/b15-14+. The Labute approximate surface area is 196 Å². The molecule has 166 valence electrons. The molecule has 0 atom stereocenters. The van der Waals surface area contributed by atoms with Gasteiger partial charge in [-0.25, -0.2) is 9.97 Å². The molecular formula is C26H24N4O2S. The van der Waals surface area contributed by atoms with Crippen LogP contribution in [0.2, 0.25) is 0 Å². The van der Waals surface area contributed by atoms with E-state index in [0.717, 1.165) is 57.6 Å². The molecule has 0 bridgehead atoms. The molecule has 2 aromatic carbocycles. The quantitative estimate of drug-likeness (QED) is 0.347. The number of aryl methyl sites for hydroxylation is 1. The Kier molecular flexibility index (Phi) is 5.84. The van der Waals surface area contributed by atoms with E-state index in [-0.39, 0.29) is 6.10 Å². The van der Waals surface area contributed by atoms with Gasteiger partial charge < -0.3 is 9.47 Å². The Morgan fingerprint density at radius 3 is 2.67 bits per heavy atom. The molecule has 5 rings (SSSR count). The summed E-state index contributed by atoms with van der Waals surface area (Å²) >= 11 is 1.37. The highest BCUT2D eigenvalue weighted by Crippen LogP contribution is 2.36. The van der Waals surface area contributed by atoms with Gasteiger partial charge in [-0.05, 0) is 63.0 Å². The molecule has 0 spiro atoms. The van der Waals surface area contributed by atoms with Crippen molar-refractivity contribution in [1.29, 1.82) is 5.26 Å².